The maximum atomic E-state index is 4.33. The van der Waals surface area contributed by atoms with Crippen LogP contribution >= 0.6 is 0 Å². The number of hydrogen-bond donors (Lipinski definition) is 1. The Morgan fingerprint density at radius 3 is 2.33 bits per heavy atom. The molecule has 0 aliphatic rings. The predicted molar refractivity (Wildman–Crippen MR) is 62.8 cm³/mol. The maximum Gasteiger partial charge on any atom is 0.129 e. The smallest absolute Gasteiger partial charge is 0.129 e. The van der Waals surface area contributed by atoms with Crippen LogP contribution in [-0.4, -0.2) is 22.6 Å². The Hall–Kier alpha value is -0.960. The first-order valence-corrected chi connectivity index (χ1v) is 5.64. The highest BCUT2D eigenvalue weighted by Gasteiger charge is 2.13. The highest BCUT2D eigenvalue weighted by molar-refractivity contribution is 5.03. The van der Waals surface area contributed by atoms with E-state index in [1.54, 1.807) is 0 Å². The fourth-order valence-corrected chi connectivity index (χ4v) is 1.53. The molecule has 0 aliphatic carbocycles. The summed E-state index contributed by atoms with van der Waals surface area (Å²) in [6.07, 6.45) is 4.67. The SMILES string of the molecule is CCNC(Cc1ncc(C)cn1)C(C)C. The molecule has 1 atom stereocenters. The van der Waals surface area contributed by atoms with Crippen LogP contribution in [0.4, 0.5) is 0 Å². The topological polar surface area (TPSA) is 37.8 Å². The molecular weight excluding hydrogens is 186 g/mol. The Balaban J connectivity index is 2.61. The van der Waals surface area contributed by atoms with Crippen LogP contribution < -0.4 is 5.32 Å². The molecule has 0 amide bonds. The Morgan fingerprint density at radius 1 is 1.27 bits per heavy atom. The minimum Gasteiger partial charge on any atom is -0.314 e. The van der Waals surface area contributed by atoms with Gasteiger partial charge in [-0.25, -0.2) is 9.97 Å². The normalized spacial score (nSPS) is 13.1. The predicted octanol–water partition coefficient (Wildman–Crippen LogP) is 1.96. The molecule has 0 bridgehead atoms. The van der Waals surface area contributed by atoms with Crippen molar-refractivity contribution in [3.05, 3.63) is 23.8 Å². The molecule has 0 fully saturated rings. The highest BCUT2D eigenvalue weighted by atomic mass is 14.9. The maximum absolute atomic E-state index is 4.33. The van der Waals surface area contributed by atoms with E-state index in [2.05, 4.69) is 36.1 Å². The van der Waals surface area contributed by atoms with Crippen molar-refractivity contribution in [2.24, 2.45) is 5.92 Å². The first kappa shape index (κ1) is 12.1. The second kappa shape index (κ2) is 5.81. The summed E-state index contributed by atoms with van der Waals surface area (Å²) in [5.74, 6) is 1.54. The third kappa shape index (κ3) is 3.96. The molecule has 1 unspecified atom stereocenters. The fourth-order valence-electron chi connectivity index (χ4n) is 1.53. The van der Waals surface area contributed by atoms with Crippen LogP contribution in [0.3, 0.4) is 0 Å². The Labute approximate surface area is 92.3 Å². The molecule has 0 radical (unpaired) electrons. The fraction of sp³-hybridized carbons (Fsp3) is 0.667. The summed E-state index contributed by atoms with van der Waals surface area (Å²) in [4.78, 5) is 8.66. The summed E-state index contributed by atoms with van der Waals surface area (Å²) in [6, 6.07) is 0.470. The molecule has 84 valence electrons. The molecule has 1 aromatic rings. The standard InChI is InChI=1S/C12H21N3/c1-5-13-11(9(2)3)6-12-14-7-10(4)8-15-12/h7-9,11,13H,5-6H2,1-4H3. The minimum absolute atomic E-state index is 0.470. The van der Waals surface area contributed by atoms with Gasteiger partial charge in [-0.3, -0.25) is 0 Å². The lowest BCUT2D eigenvalue weighted by atomic mass is 10.0. The van der Waals surface area contributed by atoms with Crippen molar-refractivity contribution in [1.29, 1.82) is 0 Å². The summed E-state index contributed by atoms with van der Waals surface area (Å²) in [5.41, 5.74) is 1.11. The van der Waals surface area contributed by atoms with Gasteiger partial charge in [-0.1, -0.05) is 20.8 Å². The van der Waals surface area contributed by atoms with E-state index in [1.807, 2.05) is 19.3 Å². The summed E-state index contributed by atoms with van der Waals surface area (Å²) >= 11 is 0. The van der Waals surface area contributed by atoms with Crippen molar-refractivity contribution in [3.8, 4) is 0 Å². The van der Waals surface area contributed by atoms with Crippen LogP contribution in [0.2, 0.25) is 0 Å². The minimum atomic E-state index is 0.470. The molecule has 1 heterocycles. The molecule has 15 heavy (non-hydrogen) atoms. The van der Waals surface area contributed by atoms with E-state index in [0.29, 0.717) is 12.0 Å². The Kier molecular flexibility index (Phi) is 4.69. The van der Waals surface area contributed by atoms with Crippen molar-refractivity contribution in [2.75, 3.05) is 6.54 Å². The van der Waals surface area contributed by atoms with Crippen molar-refractivity contribution < 1.29 is 0 Å². The first-order chi connectivity index (χ1) is 7.13. The van der Waals surface area contributed by atoms with Gasteiger partial charge in [0.25, 0.3) is 0 Å². The average molecular weight is 207 g/mol. The lowest BCUT2D eigenvalue weighted by Crippen LogP contribution is -2.36. The molecule has 3 nitrogen and oxygen atoms in total. The van der Waals surface area contributed by atoms with Gasteiger partial charge in [-0.05, 0) is 24.9 Å². The van der Waals surface area contributed by atoms with Crippen molar-refractivity contribution >= 4 is 0 Å². The molecular formula is C12H21N3. The number of aryl methyl sites for hydroxylation is 1. The van der Waals surface area contributed by atoms with Crippen molar-refractivity contribution in [2.45, 2.75) is 40.2 Å². The van der Waals surface area contributed by atoms with Gasteiger partial charge in [0.1, 0.15) is 5.82 Å². The summed E-state index contributed by atoms with van der Waals surface area (Å²) in [6.45, 7) is 9.58. The molecule has 0 saturated heterocycles. The van der Waals surface area contributed by atoms with Crippen LogP contribution in [0.25, 0.3) is 0 Å². The van der Waals surface area contributed by atoms with Gasteiger partial charge in [-0.2, -0.15) is 0 Å². The van der Waals surface area contributed by atoms with Crippen LogP contribution in [0.1, 0.15) is 32.2 Å². The lowest BCUT2D eigenvalue weighted by Gasteiger charge is -2.20. The molecule has 1 rings (SSSR count). The van der Waals surface area contributed by atoms with Crippen LogP contribution in [0, 0.1) is 12.8 Å². The van der Waals surface area contributed by atoms with Gasteiger partial charge >= 0.3 is 0 Å². The van der Waals surface area contributed by atoms with Crippen LogP contribution in [0.5, 0.6) is 0 Å². The Morgan fingerprint density at radius 2 is 1.87 bits per heavy atom. The first-order valence-electron chi connectivity index (χ1n) is 5.64. The van der Waals surface area contributed by atoms with E-state index in [9.17, 15) is 0 Å². The molecule has 1 aromatic heterocycles. The van der Waals surface area contributed by atoms with Gasteiger partial charge < -0.3 is 5.32 Å². The van der Waals surface area contributed by atoms with E-state index in [1.165, 1.54) is 0 Å². The zero-order valence-corrected chi connectivity index (χ0v) is 10.1. The van der Waals surface area contributed by atoms with Gasteiger partial charge in [0.05, 0.1) is 0 Å². The van der Waals surface area contributed by atoms with Crippen LogP contribution in [0.15, 0.2) is 12.4 Å². The number of nitrogens with one attached hydrogen (secondary N) is 1. The third-order valence-corrected chi connectivity index (χ3v) is 2.51. The number of likely N-dealkylation sites (N-methyl/N-ethyl adjacent to an activating group) is 1. The Bertz CT molecular complexity index is 279. The average Bonchev–Trinajstić information content (AvgIpc) is 2.20. The van der Waals surface area contributed by atoms with E-state index >= 15 is 0 Å². The summed E-state index contributed by atoms with van der Waals surface area (Å²) in [5, 5.41) is 3.47. The molecule has 1 N–H and O–H groups in total. The number of rotatable bonds is 5. The molecule has 0 aliphatic heterocycles. The monoisotopic (exact) mass is 207 g/mol. The number of hydrogen-bond acceptors (Lipinski definition) is 3. The van der Waals surface area contributed by atoms with Crippen molar-refractivity contribution in [3.63, 3.8) is 0 Å². The van der Waals surface area contributed by atoms with E-state index in [0.717, 1.165) is 24.4 Å². The largest absolute Gasteiger partial charge is 0.314 e. The number of aromatic nitrogens is 2. The quantitative estimate of drug-likeness (QED) is 0.802. The van der Waals surface area contributed by atoms with Crippen LogP contribution in [-0.2, 0) is 6.42 Å². The zero-order valence-electron chi connectivity index (χ0n) is 10.1. The van der Waals surface area contributed by atoms with Gasteiger partial charge in [0.15, 0.2) is 0 Å². The van der Waals surface area contributed by atoms with Gasteiger partial charge in [-0.15, -0.1) is 0 Å². The van der Waals surface area contributed by atoms with E-state index in [-0.39, 0.29) is 0 Å². The second-order valence-corrected chi connectivity index (χ2v) is 4.29. The van der Waals surface area contributed by atoms with Crippen molar-refractivity contribution in [1.82, 2.24) is 15.3 Å². The number of nitrogens with zero attached hydrogens (tertiary/aromatic N) is 2. The molecule has 3 heteroatoms. The van der Waals surface area contributed by atoms with Gasteiger partial charge in [0.2, 0.25) is 0 Å². The summed E-state index contributed by atoms with van der Waals surface area (Å²) in [7, 11) is 0. The summed E-state index contributed by atoms with van der Waals surface area (Å²) < 4.78 is 0. The second-order valence-electron chi connectivity index (χ2n) is 4.29. The van der Waals surface area contributed by atoms with E-state index in [4.69, 9.17) is 0 Å². The molecule has 0 aromatic carbocycles. The molecule has 0 spiro atoms. The molecule has 0 saturated carbocycles. The van der Waals surface area contributed by atoms with E-state index < -0.39 is 0 Å². The lowest BCUT2D eigenvalue weighted by molar-refractivity contribution is 0.399. The van der Waals surface area contributed by atoms with Gasteiger partial charge in [0, 0.05) is 24.9 Å². The zero-order chi connectivity index (χ0) is 11.3. The highest BCUT2D eigenvalue weighted by Crippen LogP contribution is 2.07. The third-order valence-electron chi connectivity index (χ3n) is 2.51.